The smallest absolute Gasteiger partial charge is 0.231 e. The molecule has 6 heteroatoms. The zero-order valence-electron chi connectivity index (χ0n) is 13.4. The lowest BCUT2D eigenvalue weighted by Gasteiger charge is -2.10. The lowest BCUT2D eigenvalue weighted by atomic mass is 9.97. The van der Waals surface area contributed by atoms with Gasteiger partial charge in [0.1, 0.15) is 0 Å². The molecule has 0 aromatic heterocycles. The van der Waals surface area contributed by atoms with Gasteiger partial charge in [-0.25, -0.2) is 8.42 Å². The van der Waals surface area contributed by atoms with Crippen molar-refractivity contribution in [3.05, 3.63) is 47.5 Å². The largest absolute Gasteiger partial charge is 0.454 e. The van der Waals surface area contributed by atoms with Crippen LogP contribution in [0.3, 0.4) is 0 Å². The third-order valence-electron chi connectivity index (χ3n) is 3.79. The lowest BCUT2D eigenvalue weighted by Crippen LogP contribution is -1.96. The Hall–Kier alpha value is -2.31. The first-order chi connectivity index (χ1) is 11.4. The Kier molecular flexibility index (Phi) is 4.34. The standard InChI is InChI=1S/C18H18O5S/c1-12(10-19)7-14-8-17-18(23-11-22-17)9-16(14)13-3-5-15(6-4-13)24(2,20)21/h3-9,19H,10-11H2,1-2H3/b12-7+. The molecule has 2 aromatic carbocycles. The second-order valence-corrected chi connectivity index (χ2v) is 7.75. The average molecular weight is 346 g/mol. The minimum Gasteiger partial charge on any atom is -0.454 e. The van der Waals surface area contributed by atoms with E-state index < -0.39 is 9.84 Å². The van der Waals surface area contributed by atoms with E-state index in [1.54, 1.807) is 24.3 Å². The number of aliphatic hydroxyl groups is 1. The highest BCUT2D eigenvalue weighted by Gasteiger charge is 2.18. The van der Waals surface area contributed by atoms with Crippen LogP contribution >= 0.6 is 0 Å². The van der Waals surface area contributed by atoms with Gasteiger partial charge in [-0.15, -0.1) is 0 Å². The van der Waals surface area contributed by atoms with Crippen LogP contribution in [0.25, 0.3) is 17.2 Å². The fraction of sp³-hybridized carbons (Fsp3) is 0.222. The minimum absolute atomic E-state index is 0.0408. The number of hydrogen-bond acceptors (Lipinski definition) is 5. The number of fused-ring (bicyclic) bond motifs is 1. The molecule has 1 aliphatic heterocycles. The molecule has 1 heterocycles. The number of ether oxygens (including phenoxy) is 2. The molecule has 0 amide bonds. The molecule has 0 saturated carbocycles. The molecule has 0 bridgehead atoms. The highest BCUT2D eigenvalue weighted by molar-refractivity contribution is 7.90. The lowest BCUT2D eigenvalue weighted by molar-refractivity contribution is 0.174. The van der Waals surface area contributed by atoms with E-state index in [-0.39, 0.29) is 18.3 Å². The number of hydrogen-bond donors (Lipinski definition) is 1. The molecule has 0 spiro atoms. The van der Waals surface area contributed by atoms with Crippen molar-refractivity contribution in [1.82, 2.24) is 0 Å². The second kappa shape index (κ2) is 6.30. The summed E-state index contributed by atoms with van der Waals surface area (Å²) >= 11 is 0. The van der Waals surface area contributed by atoms with E-state index in [1.165, 1.54) is 6.26 Å². The summed E-state index contributed by atoms with van der Waals surface area (Å²) in [5.41, 5.74) is 3.42. The van der Waals surface area contributed by atoms with E-state index in [2.05, 4.69) is 0 Å². The van der Waals surface area contributed by atoms with E-state index in [1.807, 2.05) is 25.1 Å². The molecule has 0 aliphatic carbocycles. The van der Waals surface area contributed by atoms with Crippen LogP contribution in [0.15, 0.2) is 46.9 Å². The van der Waals surface area contributed by atoms with Gasteiger partial charge >= 0.3 is 0 Å². The van der Waals surface area contributed by atoms with E-state index >= 15 is 0 Å². The van der Waals surface area contributed by atoms with Crippen LogP contribution in [0.2, 0.25) is 0 Å². The van der Waals surface area contributed by atoms with Crippen molar-refractivity contribution < 1.29 is 23.0 Å². The minimum atomic E-state index is -3.23. The molecule has 126 valence electrons. The third-order valence-corrected chi connectivity index (χ3v) is 4.92. The third kappa shape index (κ3) is 3.29. The Morgan fingerprint density at radius 1 is 1.17 bits per heavy atom. The fourth-order valence-electron chi connectivity index (χ4n) is 2.52. The molecule has 0 unspecified atom stereocenters. The number of benzene rings is 2. The molecular formula is C18H18O5S. The summed E-state index contributed by atoms with van der Waals surface area (Å²) in [5, 5.41) is 9.29. The quantitative estimate of drug-likeness (QED) is 0.921. The Labute approximate surface area is 141 Å². The van der Waals surface area contributed by atoms with Crippen molar-refractivity contribution >= 4 is 15.9 Å². The summed E-state index contributed by atoms with van der Waals surface area (Å²) in [6.07, 6.45) is 3.06. The van der Waals surface area contributed by atoms with Gasteiger partial charge in [0.2, 0.25) is 6.79 Å². The topological polar surface area (TPSA) is 72.8 Å². The maximum atomic E-state index is 11.6. The highest BCUT2D eigenvalue weighted by Crippen LogP contribution is 2.39. The van der Waals surface area contributed by atoms with Gasteiger partial charge in [0, 0.05) is 6.26 Å². The van der Waals surface area contributed by atoms with Crippen LogP contribution in [0, 0.1) is 0 Å². The monoisotopic (exact) mass is 346 g/mol. The zero-order valence-corrected chi connectivity index (χ0v) is 14.3. The first-order valence-electron chi connectivity index (χ1n) is 7.40. The van der Waals surface area contributed by atoms with Crippen molar-refractivity contribution in [2.45, 2.75) is 11.8 Å². The summed E-state index contributed by atoms with van der Waals surface area (Å²) in [7, 11) is -3.23. The van der Waals surface area contributed by atoms with Gasteiger partial charge in [-0.2, -0.15) is 0 Å². The van der Waals surface area contributed by atoms with Crippen LogP contribution in [0.5, 0.6) is 11.5 Å². The molecule has 24 heavy (non-hydrogen) atoms. The predicted molar refractivity (Wildman–Crippen MR) is 91.8 cm³/mol. The highest BCUT2D eigenvalue weighted by atomic mass is 32.2. The first-order valence-corrected chi connectivity index (χ1v) is 9.30. The van der Waals surface area contributed by atoms with Gasteiger partial charge in [-0.1, -0.05) is 18.2 Å². The van der Waals surface area contributed by atoms with E-state index in [4.69, 9.17) is 9.47 Å². The van der Waals surface area contributed by atoms with Crippen LogP contribution in [-0.2, 0) is 9.84 Å². The Balaban J connectivity index is 2.12. The van der Waals surface area contributed by atoms with Gasteiger partial charge in [0.25, 0.3) is 0 Å². The summed E-state index contributed by atoms with van der Waals surface area (Å²) in [6.45, 7) is 1.97. The predicted octanol–water partition coefficient (Wildman–Crippen LogP) is 2.88. The van der Waals surface area contributed by atoms with Crippen LogP contribution in [0.1, 0.15) is 12.5 Å². The first kappa shape index (κ1) is 16.5. The molecule has 5 nitrogen and oxygen atoms in total. The molecule has 0 atom stereocenters. The van der Waals surface area contributed by atoms with Crippen molar-refractivity contribution in [3.63, 3.8) is 0 Å². The van der Waals surface area contributed by atoms with Crippen molar-refractivity contribution in [3.8, 4) is 22.6 Å². The van der Waals surface area contributed by atoms with Gasteiger partial charge in [0.05, 0.1) is 11.5 Å². The van der Waals surface area contributed by atoms with E-state index in [9.17, 15) is 13.5 Å². The summed E-state index contributed by atoms with van der Waals surface area (Å²) in [6, 6.07) is 10.4. The van der Waals surface area contributed by atoms with Crippen molar-refractivity contribution in [2.75, 3.05) is 19.7 Å². The van der Waals surface area contributed by atoms with Crippen LogP contribution < -0.4 is 9.47 Å². The number of aliphatic hydroxyl groups excluding tert-OH is 1. The molecule has 1 aliphatic rings. The normalized spacial score (nSPS) is 14.0. The number of sulfone groups is 1. The fourth-order valence-corrected chi connectivity index (χ4v) is 3.15. The molecule has 0 fully saturated rings. The molecule has 0 radical (unpaired) electrons. The average Bonchev–Trinajstić information content (AvgIpc) is 3.00. The molecule has 2 aromatic rings. The Bertz CT molecular complexity index is 896. The summed E-state index contributed by atoms with van der Waals surface area (Å²) in [5.74, 6) is 1.31. The second-order valence-electron chi connectivity index (χ2n) is 5.74. The van der Waals surface area contributed by atoms with Crippen LogP contribution in [-0.4, -0.2) is 33.2 Å². The maximum absolute atomic E-state index is 11.6. The summed E-state index contributed by atoms with van der Waals surface area (Å²) in [4.78, 5) is 0.274. The van der Waals surface area contributed by atoms with Crippen LogP contribution in [0.4, 0.5) is 0 Å². The Morgan fingerprint density at radius 3 is 2.38 bits per heavy atom. The maximum Gasteiger partial charge on any atom is 0.231 e. The van der Waals surface area contributed by atoms with E-state index in [0.717, 1.165) is 22.3 Å². The zero-order chi connectivity index (χ0) is 17.3. The molecule has 0 saturated heterocycles. The molecule has 1 N–H and O–H groups in total. The van der Waals surface area contributed by atoms with Gasteiger partial charge in [0.15, 0.2) is 21.3 Å². The van der Waals surface area contributed by atoms with Crippen molar-refractivity contribution in [1.29, 1.82) is 0 Å². The Morgan fingerprint density at radius 2 is 1.79 bits per heavy atom. The number of rotatable bonds is 4. The molecule has 3 rings (SSSR count). The molecular weight excluding hydrogens is 328 g/mol. The van der Waals surface area contributed by atoms with Crippen molar-refractivity contribution in [2.24, 2.45) is 0 Å². The summed E-state index contributed by atoms with van der Waals surface area (Å²) < 4.78 is 34.1. The SMILES string of the molecule is C/C(=C\c1cc2c(cc1-c1ccc(S(C)(=O)=O)cc1)OCO2)CO. The van der Waals surface area contributed by atoms with Gasteiger partial charge in [-0.05, 0) is 53.5 Å². The van der Waals surface area contributed by atoms with Gasteiger partial charge < -0.3 is 14.6 Å². The van der Waals surface area contributed by atoms with E-state index in [0.29, 0.717) is 11.5 Å². The van der Waals surface area contributed by atoms with Gasteiger partial charge in [-0.3, -0.25) is 0 Å².